The first-order valence-electron chi connectivity index (χ1n) is 6.93. The lowest BCUT2D eigenvalue weighted by Crippen LogP contribution is -2.46. The van der Waals surface area contributed by atoms with E-state index in [1.165, 1.54) is 25.2 Å². The molecule has 0 atom stereocenters. The van der Waals surface area contributed by atoms with Crippen molar-refractivity contribution in [3.8, 4) is 0 Å². The van der Waals surface area contributed by atoms with E-state index in [0.29, 0.717) is 0 Å². The number of benzene rings is 1. The molecule has 0 spiro atoms. The summed E-state index contributed by atoms with van der Waals surface area (Å²) >= 11 is 9.57. The molecule has 106 valence electrons. The molecule has 0 bridgehead atoms. The maximum absolute atomic E-state index is 5.98. The van der Waals surface area contributed by atoms with Gasteiger partial charge in [0.25, 0.3) is 0 Å². The van der Waals surface area contributed by atoms with Gasteiger partial charge in [-0.25, -0.2) is 0 Å². The highest BCUT2D eigenvalue weighted by molar-refractivity contribution is 9.10. The topological polar surface area (TPSA) is 6.48 Å². The van der Waals surface area contributed by atoms with Crippen molar-refractivity contribution in [3.63, 3.8) is 0 Å². The highest BCUT2D eigenvalue weighted by Gasteiger charge is 2.18. The average molecular weight is 346 g/mol. The maximum Gasteiger partial charge on any atom is 0.0417 e. The lowest BCUT2D eigenvalue weighted by atomic mass is 10.1. The van der Waals surface area contributed by atoms with Crippen LogP contribution in [0, 0.1) is 5.92 Å². The summed E-state index contributed by atoms with van der Waals surface area (Å²) < 4.78 is 1.12. The van der Waals surface area contributed by atoms with Crippen LogP contribution in [0.1, 0.15) is 19.4 Å². The summed E-state index contributed by atoms with van der Waals surface area (Å²) in [6.07, 6.45) is 0. The second kappa shape index (κ2) is 7.07. The van der Waals surface area contributed by atoms with Crippen LogP contribution in [0.25, 0.3) is 0 Å². The molecule has 1 fully saturated rings. The zero-order chi connectivity index (χ0) is 13.8. The van der Waals surface area contributed by atoms with Gasteiger partial charge in [-0.15, -0.1) is 0 Å². The Morgan fingerprint density at radius 2 is 1.79 bits per heavy atom. The number of nitrogens with zero attached hydrogens (tertiary/aromatic N) is 2. The molecule has 1 aliphatic rings. The van der Waals surface area contributed by atoms with E-state index < -0.39 is 0 Å². The number of hydrogen-bond acceptors (Lipinski definition) is 2. The minimum atomic E-state index is 0.761. The monoisotopic (exact) mass is 344 g/mol. The molecule has 0 radical (unpaired) electrons. The summed E-state index contributed by atoms with van der Waals surface area (Å²) in [6.45, 7) is 11.5. The summed E-state index contributed by atoms with van der Waals surface area (Å²) in [5.74, 6) is 0.761. The molecular formula is C15H22BrClN2. The summed E-state index contributed by atoms with van der Waals surface area (Å²) in [7, 11) is 0. The first-order valence-corrected chi connectivity index (χ1v) is 8.10. The van der Waals surface area contributed by atoms with Crippen LogP contribution in [0.4, 0.5) is 0 Å². The van der Waals surface area contributed by atoms with Gasteiger partial charge in [0.05, 0.1) is 0 Å². The van der Waals surface area contributed by atoms with Gasteiger partial charge >= 0.3 is 0 Å². The molecule has 19 heavy (non-hydrogen) atoms. The van der Waals surface area contributed by atoms with Crippen LogP contribution >= 0.6 is 27.5 Å². The van der Waals surface area contributed by atoms with Gasteiger partial charge < -0.3 is 4.90 Å². The molecule has 2 rings (SSSR count). The SMILES string of the molecule is CC(C)CN1CCN(Cc2ccc(Cl)cc2Br)CC1. The first-order chi connectivity index (χ1) is 9.04. The smallest absolute Gasteiger partial charge is 0.0417 e. The molecule has 2 nitrogen and oxygen atoms in total. The molecule has 1 aromatic carbocycles. The lowest BCUT2D eigenvalue weighted by molar-refractivity contribution is 0.117. The Morgan fingerprint density at radius 1 is 1.16 bits per heavy atom. The molecule has 0 N–H and O–H groups in total. The average Bonchev–Trinajstić information content (AvgIpc) is 2.34. The van der Waals surface area contributed by atoms with E-state index in [-0.39, 0.29) is 0 Å². The van der Waals surface area contributed by atoms with Crippen LogP contribution < -0.4 is 0 Å². The fourth-order valence-electron chi connectivity index (χ4n) is 2.54. The van der Waals surface area contributed by atoms with Crippen molar-refractivity contribution in [2.45, 2.75) is 20.4 Å². The Kier molecular flexibility index (Phi) is 5.70. The van der Waals surface area contributed by atoms with E-state index in [4.69, 9.17) is 11.6 Å². The third-order valence-corrected chi connectivity index (χ3v) is 4.47. The van der Waals surface area contributed by atoms with Gasteiger partial charge in [0.15, 0.2) is 0 Å². The van der Waals surface area contributed by atoms with Crippen molar-refractivity contribution < 1.29 is 0 Å². The fraction of sp³-hybridized carbons (Fsp3) is 0.600. The van der Waals surface area contributed by atoms with Gasteiger partial charge in [-0.3, -0.25) is 4.90 Å². The quantitative estimate of drug-likeness (QED) is 0.817. The molecule has 0 aliphatic carbocycles. The van der Waals surface area contributed by atoms with Gasteiger partial charge in [-0.1, -0.05) is 47.4 Å². The van der Waals surface area contributed by atoms with E-state index in [1.54, 1.807) is 0 Å². The zero-order valence-electron chi connectivity index (χ0n) is 11.7. The minimum Gasteiger partial charge on any atom is -0.301 e. The van der Waals surface area contributed by atoms with Crippen LogP contribution in [0.2, 0.25) is 5.02 Å². The number of piperazine rings is 1. The molecular weight excluding hydrogens is 324 g/mol. The van der Waals surface area contributed by atoms with Crippen molar-refractivity contribution >= 4 is 27.5 Å². The van der Waals surface area contributed by atoms with Crippen LogP contribution in [-0.2, 0) is 6.54 Å². The Bertz CT molecular complexity index is 415. The van der Waals surface area contributed by atoms with Crippen LogP contribution in [0.3, 0.4) is 0 Å². The summed E-state index contributed by atoms with van der Waals surface area (Å²) in [6, 6.07) is 6.06. The molecule has 0 saturated carbocycles. The second-order valence-corrected chi connectivity index (χ2v) is 7.00. The molecule has 0 unspecified atom stereocenters. The Morgan fingerprint density at radius 3 is 2.37 bits per heavy atom. The molecule has 0 amide bonds. The van der Waals surface area contributed by atoms with Crippen molar-refractivity contribution in [1.29, 1.82) is 0 Å². The predicted octanol–water partition coefficient (Wildman–Crippen LogP) is 3.88. The molecule has 4 heteroatoms. The Balaban J connectivity index is 1.85. The van der Waals surface area contributed by atoms with Gasteiger partial charge in [0.2, 0.25) is 0 Å². The lowest BCUT2D eigenvalue weighted by Gasteiger charge is -2.35. The number of halogens is 2. The minimum absolute atomic E-state index is 0.761. The predicted molar refractivity (Wildman–Crippen MR) is 85.7 cm³/mol. The fourth-order valence-corrected chi connectivity index (χ4v) is 3.35. The standard InChI is InChI=1S/C15H22BrClN2/c1-12(2)10-18-5-7-19(8-6-18)11-13-3-4-14(17)9-15(13)16/h3-4,9,12H,5-8,10-11H2,1-2H3. The maximum atomic E-state index is 5.98. The molecule has 1 aliphatic heterocycles. The highest BCUT2D eigenvalue weighted by Crippen LogP contribution is 2.23. The van der Waals surface area contributed by atoms with Crippen molar-refractivity contribution in [2.24, 2.45) is 5.92 Å². The zero-order valence-corrected chi connectivity index (χ0v) is 14.0. The Hall–Kier alpha value is -0.0900. The highest BCUT2D eigenvalue weighted by atomic mass is 79.9. The Labute approximate surface area is 129 Å². The number of rotatable bonds is 4. The summed E-state index contributed by atoms with van der Waals surface area (Å²) in [4.78, 5) is 5.09. The van der Waals surface area contributed by atoms with Crippen LogP contribution in [0.15, 0.2) is 22.7 Å². The molecule has 1 saturated heterocycles. The van der Waals surface area contributed by atoms with Crippen molar-refractivity contribution in [2.75, 3.05) is 32.7 Å². The number of hydrogen-bond donors (Lipinski definition) is 0. The summed E-state index contributed by atoms with van der Waals surface area (Å²) in [5, 5.41) is 0.789. The van der Waals surface area contributed by atoms with Crippen LogP contribution in [0.5, 0.6) is 0 Å². The van der Waals surface area contributed by atoms with Gasteiger partial charge in [0, 0.05) is 48.8 Å². The van der Waals surface area contributed by atoms with Gasteiger partial charge in [-0.05, 0) is 23.6 Å². The van der Waals surface area contributed by atoms with E-state index in [0.717, 1.165) is 35.0 Å². The summed E-state index contributed by atoms with van der Waals surface area (Å²) in [5.41, 5.74) is 1.32. The van der Waals surface area contributed by atoms with Gasteiger partial charge in [0.1, 0.15) is 0 Å². The van der Waals surface area contributed by atoms with Crippen molar-refractivity contribution in [1.82, 2.24) is 9.80 Å². The second-order valence-electron chi connectivity index (χ2n) is 5.71. The van der Waals surface area contributed by atoms with E-state index in [9.17, 15) is 0 Å². The molecule has 0 aromatic heterocycles. The molecule has 1 heterocycles. The van der Waals surface area contributed by atoms with E-state index in [1.807, 2.05) is 12.1 Å². The first kappa shape index (κ1) is 15.3. The van der Waals surface area contributed by atoms with Crippen LogP contribution in [-0.4, -0.2) is 42.5 Å². The van der Waals surface area contributed by atoms with E-state index >= 15 is 0 Å². The van der Waals surface area contributed by atoms with E-state index in [2.05, 4.69) is 45.6 Å². The normalized spacial score (nSPS) is 18.2. The largest absolute Gasteiger partial charge is 0.301 e. The third-order valence-electron chi connectivity index (χ3n) is 3.50. The molecule has 1 aromatic rings. The van der Waals surface area contributed by atoms with Crippen molar-refractivity contribution in [3.05, 3.63) is 33.3 Å². The van der Waals surface area contributed by atoms with Gasteiger partial charge in [-0.2, -0.15) is 0 Å². The third kappa shape index (κ3) is 4.75.